The molecule has 0 aliphatic heterocycles. The van der Waals surface area contributed by atoms with E-state index < -0.39 is 5.97 Å². The fraction of sp³-hybridized carbons (Fsp3) is 0.833. The van der Waals surface area contributed by atoms with Gasteiger partial charge in [-0.05, 0) is 32.6 Å². The highest BCUT2D eigenvalue weighted by molar-refractivity contribution is 5.78. The first kappa shape index (κ1) is 14.0. The van der Waals surface area contributed by atoms with Gasteiger partial charge in [-0.3, -0.25) is 9.59 Å². The maximum Gasteiger partial charge on any atom is 0.306 e. The Hall–Kier alpha value is -1.10. The molecule has 0 aromatic heterocycles. The summed E-state index contributed by atoms with van der Waals surface area (Å²) in [6.07, 6.45) is 2.87. The molecule has 5 nitrogen and oxygen atoms in total. The lowest BCUT2D eigenvalue weighted by atomic mass is 10.1. The van der Waals surface area contributed by atoms with Crippen molar-refractivity contribution in [3.63, 3.8) is 0 Å². The Balaban J connectivity index is 2.22. The van der Waals surface area contributed by atoms with E-state index in [4.69, 9.17) is 9.84 Å². The molecule has 1 saturated carbocycles. The molecule has 5 heteroatoms. The van der Waals surface area contributed by atoms with E-state index in [1.165, 1.54) is 0 Å². The van der Waals surface area contributed by atoms with Crippen molar-refractivity contribution < 1.29 is 19.4 Å². The van der Waals surface area contributed by atoms with Crippen LogP contribution in [0.4, 0.5) is 0 Å². The summed E-state index contributed by atoms with van der Waals surface area (Å²) in [5.41, 5.74) is 0. The third kappa shape index (κ3) is 4.73. The number of hydrogen-bond acceptors (Lipinski definition) is 3. The first-order valence-corrected chi connectivity index (χ1v) is 6.16. The number of ether oxygens (including phenoxy) is 1. The Labute approximate surface area is 102 Å². The normalized spacial score (nSPS) is 25.5. The molecule has 0 saturated heterocycles. The van der Waals surface area contributed by atoms with Crippen LogP contribution < -0.4 is 5.32 Å². The number of carboxylic acids is 1. The number of carbonyl (C=O) groups excluding carboxylic acids is 1. The van der Waals surface area contributed by atoms with Crippen LogP contribution in [0.25, 0.3) is 0 Å². The number of amides is 1. The molecule has 3 atom stereocenters. The van der Waals surface area contributed by atoms with E-state index in [9.17, 15) is 9.59 Å². The molecule has 2 N–H and O–H groups in total. The van der Waals surface area contributed by atoms with Crippen LogP contribution in [0.1, 0.15) is 39.5 Å². The predicted octanol–water partition coefficient (Wildman–Crippen LogP) is 1.17. The molecule has 0 spiro atoms. The molecule has 1 unspecified atom stereocenters. The van der Waals surface area contributed by atoms with Crippen LogP contribution in [0.2, 0.25) is 0 Å². The number of hydrogen-bond donors (Lipinski definition) is 2. The van der Waals surface area contributed by atoms with E-state index in [1.54, 1.807) is 0 Å². The molecule has 0 bridgehead atoms. The first-order chi connectivity index (χ1) is 8.02. The van der Waals surface area contributed by atoms with E-state index >= 15 is 0 Å². The van der Waals surface area contributed by atoms with Crippen LogP contribution >= 0.6 is 0 Å². The molecular weight excluding hydrogens is 222 g/mol. The van der Waals surface area contributed by atoms with Crippen LogP contribution in [-0.4, -0.2) is 35.7 Å². The SMILES string of the molecule is CCC(C)OCC(=O)N[C@@H]1CC[C@H](C(=O)O)C1. The summed E-state index contributed by atoms with van der Waals surface area (Å²) in [6, 6.07) is -0.0101. The average molecular weight is 243 g/mol. The molecule has 0 radical (unpaired) electrons. The van der Waals surface area contributed by atoms with Gasteiger partial charge < -0.3 is 15.2 Å². The van der Waals surface area contributed by atoms with Crippen molar-refractivity contribution >= 4 is 11.9 Å². The van der Waals surface area contributed by atoms with Gasteiger partial charge in [0.25, 0.3) is 0 Å². The predicted molar refractivity (Wildman–Crippen MR) is 62.6 cm³/mol. The fourth-order valence-electron chi connectivity index (χ4n) is 1.94. The van der Waals surface area contributed by atoms with Crippen molar-refractivity contribution in [2.75, 3.05) is 6.61 Å². The second-order valence-electron chi connectivity index (χ2n) is 4.64. The number of nitrogens with one attached hydrogen (secondary N) is 1. The van der Waals surface area contributed by atoms with Crippen molar-refractivity contribution in [2.45, 2.75) is 51.7 Å². The topological polar surface area (TPSA) is 75.6 Å². The summed E-state index contributed by atoms with van der Waals surface area (Å²) in [5.74, 6) is -1.23. The molecule has 1 rings (SSSR count). The minimum atomic E-state index is -0.766. The van der Waals surface area contributed by atoms with E-state index in [-0.39, 0.29) is 30.6 Å². The van der Waals surface area contributed by atoms with Gasteiger partial charge in [-0.25, -0.2) is 0 Å². The summed E-state index contributed by atoms with van der Waals surface area (Å²) in [4.78, 5) is 22.3. The van der Waals surface area contributed by atoms with Crippen molar-refractivity contribution in [2.24, 2.45) is 5.92 Å². The molecule has 1 amide bonds. The Morgan fingerprint density at radius 1 is 1.47 bits per heavy atom. The van der Waals surface area contributed by atoms with Gasteiger partial charge in [-0.1, -0.05) is 6.92 Å². The van der Waals surface area contributed by atoms with Gasteiger partial charge in [0.05, 0.1) is 12.0 Å². The smallest absolute Gasteiger partial charge is 0.306 e. The minimum absolute atomic E-state index is 0.0101. The van der Waals surface area contributed by atoms with Gasteiger partial charge in [0.1, 0.15) is 6.61 Å². The van der Waals surface area contributed by atoms with Crippen molar-refractivity contribution in [3.05, 3.63) is 0 Å². The van der Waals surface area contributed by atoms with Gasteiger partial charge >= 0.3 is 5.97 Å². The number of aliphatic carboxylic acids is 1. The quantitative estimate of drug-likeness (QED) is 0.734. The zero-order chi connectivity index (χ0) is 12.8. The van der Waals surface area contributed by atoms with E-state index in [1.807, 2.05) is 13.8 Å². The summed E-state index contributed by atoms with van der Waals surface area (Å²) < 4.78 is 5.31. The molecule has 0 aromatic rings. The summed E-state index contributed by atoms with van der Waals surface area (Å²) in [6.45, 7) is 3.98. The van der Waals surface area contributed by atoms with Crippen LogP contribution in [0.3, 0.4) is 0 Å². The van der Waals surface area contributed by atoms with Crippen LogP contribution in [0, 0.1) is 5.92 Å². The van der Waals surface area contributed by atoms with E-state index in [0.29, 0.717) is 12.8 Å². The highest BCUT2D eigenvalue weighted by Gasteiger charge is 2.30. The Kier molecular flexibility index (Phi) is 5.41. The third-order valence-corrected chi connectivity index (χ3v) is 3.22. The zero-order valence-corrected chi connectivity index (χ0v) is 10.4. The number of carboxylic acid groups (broad SMARTS) is 1. The second-order valence-corrected chi connectivity index (χ2v) is 4.64. The van der Waals surface area contributed by atoms with Gasteiger partial charge in [0.2, 0.25) is 5.91 Å². The van der Waals surface area contributed by atoms with Crippen LogP contribution in [-0.2, 0) is 14.3 Å². The van der Waals surface area contributed by atoms with Crippen LogP contribution in [0.15, 0.2) is 0 Å². The molecule has 0 heterocycles. The fourth-order valence-corrected chi connectivity index (χ4v) is 1.94. The molecule has 0 aromatic carbocycles. The molecule has 98 valence electrons. The third-order valence-electron chi connectivity index (χ3n) is 3.22. The summed E-state index contributed by atoms with van der Waals surface area (Å²) in [7, 11) is 0. The van der Waals surface area contributed by atoms with Gasteiger partial charge in [-0.2, -0.15) is 0 Å². The van der Waals surface area contributed by atoms with Crippen molar-refractivity contribution in [1.29, 1.82) is 0 Å². The largest absolute Gasteiger partial charge is 0.481 e. The molecule has 1 fully saturated rings. The maximum atomic E-state index is 11.5. The summed E-state index contributed by atoms with van der Waals surface area (Å²) in [5, 5.41) is 11.7. The lowest BCUT2D eigenvalue weighted by Crippen LogP contribution is -2.36. The Bertz CT molecular complexity index is 280. The molecule has 1 aliphatic rings. The Morgan fingerprint density at radius 2 is 2.18 bits per heavy atom. The molecule has 1 aliphatic carbocycles. The minimum Gasteiger partial charge on any atom is -0.481 e. The van der Waals surface area contributed by atoms with E-state index in [2.05, 4.69) is 5.32 Å². The number of carbonyl (C=O) groups is 2. The van der Waals surface area contributed by atoms with Gasteiger partial charge in [0, 0.05) is 6.04 Å². The lowest BCUT2D eigenvalue weighted by molar-refractivity contribution is -0.141. The highest BCUT2D eigenvalue weighted by atomic mass is 16.5. The maximum absolute atomic E-state index is 11.5. The highest BCUT2D eigenvalue weighted by Crippen LogP contribution is 2.25. The van der Waals surface area contributed by atoms with Gasteiger partial charge in [0.15, 0.2) is 0 Å². The van der Waals surface area contributed by atoms with Crippen LogP contribution in [0.5, 0.6) is 0 Å². The first-order valence-electron chi connectivity index (χ1n) is 6.16. The Morgan fingerprint density at radius 3 is 2.71 bits per heavy atom. The van der Waals surface area contributed by atoms with E-state index in [0.717, 1.165) is 12.8 Å². The molecule has 17 heavy (non-hydrogen) atoms. The summed E-state index contributed by atoms with van der Waals surface area (Å²) >= 11 is 0. The lowest BCUT2D eigenvalue weighted by Gasteiger charge is -2.14. The van der Waals surface area contributed by atoms with Gasteiger partial charge in [-0.15, -0.1) is 0 Å². The number of rotatable bonds is 6. The zero-order valence-electron chi connectivity index (χ0n) is 10.4. The standard InChI is InChI=1S/C12H21NO4/c1-3-8(2)17-7-11(14)13-10-5-4-9(6-10)12(15)16/h8-10H,3-7H2,1-2H3,(H,13,14)(H,15,16)/t8?,9-,10+/m0/s1. The second kappa shape index (κ2) is 6.59. The van der Waals surface area contributed by atoms with Crippen molar-refractivity contribution in [1.82, 2.24) is 5.32 Å². The monoisotopic (exact) mass is 243 g/mol. The average Bonchev–Trinajstić information content (AvgIpc) is 2.74. The molecular formula is C12H21NO4. The van der Waals surface area contributed by atoms with Crippen molar-refractivity contribution in [3.8, 4) is 0 Å².